The average Bonchev–Trinajstić information content (AvgIpc) is 2.18. The van der Waals surface area contributed by atoms with Crippen LogP contribution in [0.4, 0.5) is 5.69 Å². The molecular weight excluding hydrogens is 198 g/mol. The van der Waals surface area contributed by atoms with Gasteiger partial charge in [-0.1, -0.05) is 0 Å². The van der Waals surface area contributed by atoms with Gasteiger partial charge in [0, 0.05) is 11.3 Å². The maximum Gasteiger partial charge on any atom is 0.394 e. The highest BCUT2D eigenvalue weighted by Crippen LogP contribution is 2.08. The highest BCUT2D eigenvalue weighted by atomic mass is 16.4. The minimum Gasteiger partial charge on any atom is -0.474 e. The molecule has 1 amide bonds. The van der Waals surface area contributed by atoms with Gasteiger partial charge in [0.2, 0.25) is 0 Å². The minimum atomic E-state index is -1.55. The lowest BCUT2D eigenvalue weighted by Gasteiger charge is -2.02. The van der Waals surface area contributed by atoms with Crippen molar-refractivity contribution in [2.45, 2.75) is 0 Å². The number of amidine groups is 1. The number of rotatable bonds is 2. The lowest BCUT2D eigenvalue weighted by Crippen LogP contribution is -2.21. The first-order valence-electron chi connectivity index (χ1n) is 3.99. The SMILES string of the molecule is N=C(N)c1ccc(NC(=O)C(=O)O)cc1. The van der Waals surface area contributed by atoms with Gasteiger partial charge in [-0.3, -0.25) is 10.2 Å². The normalized spacial score (nSPS) is 9.33. The van der Waals surface area contributed by atoms with Crippen LogP contribution < -0.4 is 11.1 Å². The molecule has 0 radical (unpaired) electrons. The Balaban J connectivity index is 2.77. The number of nitrogen functional groups attached to an aromatic ring is 1. The van der Waals surface area contributed by atoms with E-state index in [0.717, 1.165) is 0 Å². The highest BCUT2D eigenvalue weighted by molar-refractivity contribution is 6.36. The van der Waals surface area contributed by atoms with Gasteiger partial charge in [0.25, 0.3) is 0 Å². The monoisotopic (exact) mass is 207 g/mol. The van der Waals surface area contributed by atoms with Crippen LogP contribution in [0.1, 0.15) is 5.56 Å². The van der Waals surface area contributed by atoms with E-state index >= 15 is 0 Å². The van der Waals surface area contributed by atoms with E-state index in [2.05, 4.69) is 5.32 Å². The van der Waals surface area contributed by atoms with Crippen molar-refractivity contribution >= 4 is 23.4 Å². The van der Waals surface area contributed by atoms with E-state index in [4.69, 9.17) is 16.2 Å². The second-order valence-electron chi connectivity index (χ2n) is 2.75. The molecule has 0 fully saturated rings. The molecule has 0 aliphatic rings. The summed E-state index contributed by atoms with van der Waals surface area (Å²) in [7, 11) is 0. The van der Waals surface area contributed by atoms with Gasteiger partial charge in [-0.05, 0) is 24.3 Å². The number of hydrogen-bond donors (Lipinski definition) is 4. The Labute approximate surface area is 85.2 Å². The van der Waals surface area contributed by atoms with Gasteiger partial charge < -0.3 is 16.2 Å². The van der Waals surface area contributed by atoms with Gasteiger partial charge in [0.05, 0.1) is 0 Å². The third-order valence-corrected chi connectivity index (χ3v) is 1.65. The molecule has 15 heavy (non-hydrogen) atoms. The van der Waals surface area contributed by atoms with E-state index in [0.29, 0.717) is 11.3 Å². The Hall–Kier alpha value is -2.37. The van der Waals surface area contributed by atoms with Crippen molar-refractivity contribution in [3.05, 3.63) is 29.8 Å². The molecule has 1 rings (SSSR count). The van der Waals surface area contributed by atoms with Gasteiger partial charge in [-0.25, -0.2) is 4.79 Å². The molecule has 5 N–H and O–H groups in total. The first-order chi connectivity index (χ1) is 7.00. The third kappa shape index (κ3) is 2.80. The molecule has 78 valence electrons. The first-order valence-corrected chi connectivity index (χ1v) is 3.99. The number of carbonyl (C=O) groups excluding carboxylic acids is 1. The fourth-order valence-corrected chi connectivity index (χ4v) is 0.918. The summed E-state index contributed by atoms with van der Waals surface area (Å²) >= 11 is 0. The minimum absolute atomic E-state index is 0.0916. The molecule has 0 aliphatic heterocycles. The van der Waals surface area contributed by atoms with Crippen molar-refractivity contribution in [3.8, 4) is 0 Å². The molecule has 0 saturated carbocycles. The summed E-state index contributed by atoms with van der Waals surface area (Å²) in [4.78, 5) is 21.0. The Morgan fingerprint density at radius 1 is 1.27 bits per heavy atom. The third-order valence-electron chi connectivity index (χ3n) is 1.65. The van der Waals surface area contributed by atoms with Gasteiger partial charge in [-0.15, -0.1) is 0 Å². The number of carbonyl (C=O) groups is 2. The standard InChI is InChI=1S/C9H9N3O3/c10-7(11)5-1-3-6(4-2-5)12-8(13)9(14)15/h1-4H,(H3,10,11)(H,12,13)(H,14,15). The maximum atomic E-state index is 10.8. The van der Waals surface area contributed by atoms with Gasteiger partial charge in [0.15, 0.2) is 0 Å². The van der Waals surface area contributed by atoms with Crippen LogP contribution >= 0.6 is 0 Å². The van der Waals surface area contributed by atoms with Crippen LogP contribution in [0.3, 0.4) is 0 Å². The number of amides is 1. The number of aliphatic carboxylic acids is 1. The van der Waals surface area contributed by atoms with E-state index < -0.39 is 11.9 Å². The van der Waals surface area contributed by atoms with E-state index in [1.54, 1.807) is 0 Å². The van der Waals surface area contributed by atoms with Gasteiger partial charge in [-0.2, -0.15) is 0 Å². The zero-order valence-electron chi connectivity index (χ0n) is 7.65. The molecule has 0 spiro atoms. The number of carboxylic acid groups (broad SMARTS) is 1. The van der Waals surface area contributed by atoms with Crippen molar-refractivity contribution < 1.29 is 14.7 Å². The van der Waals surface area contributed by atoms with Gasteiger partial charge >= 0.3 is 11.9 Å². The van der Waals surface area contributed by atoms with Crippen molar-refractivity contribution in [1.82, 2.24) is 0 Å². The number of carboxylic acids is 1. The van der Waals surface area contributed by atoms with Crippen LogP contribution in [0.2, 0.25) is 0 Å². The summed E-state index contributed by atoms with van der Waals surface area (Å²) in [6.45, 7) is 0. The fourth-order valence-electron chi connectivity index (χ4n) is 0.918. The maximum absolute atomic E-state index is 10.8. The molecule has 1 aromatic rings. The number of hydrogen-bond acceptors (Lipinski definition) is 3. The summed E-state index contributed by atoms with van der Waals surface area (Å²) in [6, 6.07) is 5.97. The Bertz CT molecular complexity index is 411. The number of anilines is 1. The molecule has 0 aliphatic carbocycles. The highest BCUT2D eigenvalue weighted by Gasteiger charge is 2.10. The molecule has 1 aromatic carbocycles. The number of nitrogens with one attached hydrogen (secondary N) is 2. The number of nitrogens with two attached hydrogens (primary N) is 1. The second kappa shape index (κ2) is 4.23. The molecule has 6 nitrogen and oxygen atoms in total. The Morgan fingerprint density at radius 2 is 1.80 bits per heavy atom. The molecule has 0 heterocycles. The largest absolute Gasteiger partial charge is 0.474 e. The van der Waals surface area contributed by atoms with E-state index in [1.165, 1.54) is 24.3 Å². The molecule has 0 bridgehead atoms. The fraction of sp³-hybridized carbons (Fsp3) is 0. The van der Waals surface area contributed by atoms with Crippen LogP contribution in [-0.4, -0.2) is 22.8 Å². The molecular formula is C9H9N3O3. The Kier molecular flexibility index (Phi) is 3.02. The Morgan fingerprint density at radius 3 is 2.20 bits per heavy atom. The van der Waals surface area contributed by atoms with Gasteiger partial charge in [0.1, 0.15) is 5.84 Å². The van der Waals surface area contributed by atoms with Crippen LogP contribution in [0.5, 0.6) is 0 Å². The average molecular weight is 207 g/mol. The van der Waals surface area contributed by atoms with E-state index in [-0.39, 0.29) is 5.84 Å². The molecule has 6 heteroatoms. The van der Waals surface area contributed by atoms with Crippen molar-refractivity contribution in [1.29, 1.82) is 5.41 Å². The number of benzene rings is 1. The summed E-state index contributed by atoms with van der Waals surface area (Å²) < 4.78 is 0. The second-order valence-corrected chi connectivity index (χ2v) is 2.75. The van der Waals surface area contributed by atoms with Crippen LogP contribution in [0.15, 0.2) is 24.3 Å². The quantitative estimate of drug-likeness (QED) is 0.310. The summed E-state index contributed by atoms with van der Waals surface area (Å²) in [6.07, 6.45) is 0. The predicted octanol–water partition coefficient (Wildman–Crippen LogP) is -0.00623. The lowest BCUT2D eigenvalue weighted by molar-refractivity contribution is -0.147. The molecule has 0 atom stereocenters. The predicted molar refractivity (Wildman–Crippen MR) is 53.7 cm³/mol. The van der Waals surface area contributed by atoms with Crippen molar-refractivity contribution in [2.24, 2.45) is 5.73 Å². The van der Waals surface area contributed by atoms with Crippen molar-refractivity contribution in [2.75, 3.05) is 5.32 Å². The van der Waals surface area contributed by atoms with E-state index in [9.17, 15) is 9.59 Å². The summed E-state index contributed by atoms with van der Waals surface area (Å²) in [5.41, 5.74) is 6.06. The van der Waals surface area contributed by atoms with E-state index in [1.807, 2.05) is 0 Å². The van der Waals surface area contributed by atoms with Crippen LogP contribution in [0, 0.1) is 5.41 Å². The van der Waals surface area contributed by atoms with Crippen LogP contribution in [0.25, 0.3) is 0 Å². The lowest BCUT2D eigenvalue weighted by atomic mass is 10.2. The molecule has 0 saturated heterocycles. The zero-order valence-corrected chi connectivity index (χ0v) is 7.65. The smallest absolute Gasteiger partial charge is 0.394 e. The topological polar surface area (TPSA) is 116 Å². The first kappa shape index (κ1) is 10.7. The molecule has 0 unspecified atom stereocenters. The van der Waals surface area contributed by atoms with Crippen LogP contribution in [-0.2, 0) is 9.59 Å². The summed E-state index contributed by atoms with van der Waals surface area (Å²) in [5.74, 6) is -2.75. The van der Waals surface area contributed by atoms with Crippen molar-refractivity contribution in [3.63, 3.8) is 0 Å². The summed E-state index contributed by atoms with van der Waals surface area (Å²) in [5, 5.41) is 17.6. The zero-order chi connectivity index (χ0) is 11.4. The molecule has 0 aromatic heterocycles.